The lowest BCUT2D eigenvalue weighted by Crippen LogP contribution is -2.19. The SMILES string of the molecule is Cc1ccccc1Cn1c(C)c(CNC(C)c2ccccc2)c(C(=O)O)c1C. The Balaban J connectivity index is 1.90. The normalized spacial score (nSPS) is 12.1. The van der Waals surface area contributed by atoms with Crippen LogP contribution in [0.2, 0.25) is 0 Å². The lowest BCUT2D eigenvalue weighted by Gasteiger charge is -2.15. The molecule has 28 heavy (non-hydrogen) atoms. The highest BCUT2D eigenvalue weighted by molar-refractivity contribution is 5.91. The summed E-state index contributed by atoms with van der Waals surface area (Å²) in [6.45, 7) is 9.30. The summed E-state index contributed by atoms with van der Waals surface area (Å²) < 4.78 is 2.12. The first kappa shape index (κ1) is 19.9. The number of aromatic carboxylic acids is 1. The molecule has 0 aliphatic carbocycles. The second-order valence-corrected chi connectivity index (χ2v) is 7.36. The third-order valence-corrected chi connectivity index (χ3v) is 5.60. The van der Waals surface area contributed by atoms with Crippen LogP contribution in [0.4, 0.5) is 0 Å². The zero-order valence-corrected chi connectivity index (χ0v) is 17.0. The van der Waals surface area contributed by atoms with E-state index in [9.17, 15) is 9.90 Å². The molecule has 1 aromatic heterocycles. The second-order valence-electron chi connectivity index (χ2n) is 7.36. The second kappa shape index (κ2) is 8.44. The molecule has 0 saturated carbocycles. The van der Waals surface area contributed by atoms with E-state index in [2.05, 4.69) is 48.0 Å². The molecule has 3 rings (SSSR count). The zero-order valence-electron chi connectivity index (χ0n) is 17.0. The summed E-state index contributed by atoms with van der Waals surface area (Å²) in [5.74, 6) is -0.867. The van der Waals surface area contributed by atoms with Gasteiger partial charge in [0.25, 0.3) is 0 Å². The maximum absolute atomic E-state index is 12.0. The number of nitrogens with zero attached hydrogens (tertiary/aromatic N) is 1. The predicted octanol–water partition coefficient (Wildman–Crippen LogP) is 5.01. The van der Waals surface area contributed by atoms with Crippen molar-refractivity contribution < 1.29 is 9.90 Å². The maximum atomic E-state index is 12.0. The predicted molar refractivity (Wildman–Crippen MR) is 113 cm³/mol. The lowest BCUT2D eigenvalue weighted by atomic mass is 10.1. The lowest BCUT2D eigenvalue weighted by molar-refractivity contribution is 0.0694. The van der Waals surface area contributed by atoms with Gasteiger partial charge in [0.2, 0.25) is 0 Å². The van der Waals surface area contributed by atoms with Crippen LogP contribution < -0.4 is 5.32 Å². The van der Waals surface area contributed by atoms with E-state index in [0.29, 0.717) is 18.7 Å². The van der Waals surface area contributed by atoms with Gasteiger partial charge in [0.05, 0.1) is 5.56 Å². The Kier molecular flexibility index (Phi) is 6.00. The molecule has 0 aliphatic heterocycles. The van der Waals surface area contributed by atoms with Crippen LogP contribution in [0.5, 0.6) is 0 Å². The zero-order chi connectivity index (χ0) is 20.3. The maximum Gasteiger partial charge on any atom is 0.337 e. The van der Waals surface area contributed by atoms with Crippen LogP contribution in [0.1, 0.15) is 57.0 Å². The van der Waals surface area contributed by atoms with Crippen LogP contribution in [-0.2, 0) is 13.1 Å². The van der Waals surface area contributed by atoms with E-state index < -0.39 is 5.97 Å². The minimum atomic E-state index is -0.867. The summed E-state index contributed by atoms with van der Waals surface area (Å²) in [5.41, 5.74) is 6.69. The van der Waals surface area contributed by atoms with Gasteiger partial charge in [0.1, 0.15) is 0 Å². The highest BCUT2D eigenvalue weighted by Gasteiger charge is 2.23. The summed E-state index contributed by atoms with van der Waals surface area (Å²) in [6, 6.07) is 18.6. The Morgan fingerprint density at radius 2 is 1.64 bits per heavy atom. The number of hydrogen-bond donors (Lipinski definition) is 2. The van der Waals surface area contributed by atoms with E-state index in [1.54, 1.807) is 0 Å². The molecule has 1 heterocycles. The van der Waals surface area contributed by atoms with Gasteiger partial charge in [-0.3, -0.25) is 0 Å². The van der Waals surface area contributed by atoms with Gasteiger partial charge in [-0.2, -0.15) is 0 Å². The molecule has 0 aliphatic rings. The van der Waals surface area contributed by atoms with E-state index >= 15 is 0 Å². The summed E-state index contributed by atoms with van der Waals surface area (Å²) in [6.07, 6.45) is 0. The van der Waals surface area contributed by atoms with Crippen molar-refractivity contribution in [2.24, 2.45) is 0 Å². The van der Waals surface area contributed by atoms with Crippen molar-refractivity contribution in [3.05, 3.63) is 93.8 Å². The van der Waals surface area contributed by atoms with Crippen molar-refractivity contribution >= 4 is 5.97 Å². The van der Waals surface area contributed by atoms with Crippen LogP contribution in [0.15, 0.2) is 54.6 Å². The van der Waals surface area contributed by atoms with Crippen LogP contribution in [0.25, 0.3) is 0 Å². The van der Waals surface area contributed by atoms with E-state index in [4.69, 9.17) is 0 Å². The fraction of sp³-hybridized carbons (Fsp3) is 0.292. The topological polar surface area (TPSA) is 54.3 Å². The van der Waals surface area contributed by atoms with Gasteiger partial charge in [0.15, 0.2) is 0 Å². The first-order valence-corrected chi connectivity index (χ1v) is 9.64. The van der Waals surface area contributed by atoms with Gasteiger partial charge in [-0.15, -0.1) is 0 Å². The molecule has 2 aromatic carbocycles. The van der Waals surface area contributed by atoms with Gasteiger partial charge in [-0.25, -0.2) is 4.79 Å². The van der Waals surface area contributed by atoms with Crippen molar-refractivity contribution in [3.8, 4) is 0 Å². The number of aromatic nitrogens is 1. The van der Waals surface area contributed by atoms with E-state index in [1.165, 1.54) is 16.7 Å². The molecule has 0 saturated heterocycles. The molecule has 1 unspecified atom stereocenters. The minimum absolute atomic E-state index is 0.141. The van der Waals surface area contributed by atoms with Crippen molar-refractivity contribution in [3.63, 3.8) is 0 Å². The highest BCUT2D eigenvalue weighted by atomic mass is 16.4. The van der Waals surface area contributed by atoms with Crippen molar-refractivity contribution in [1.29, 1.82) is 0 Å². The highest BCUT2D eigenvalue weighted by Crippen LogP contribution is 2.25. The van der Waals surface area contributed by atoms with Crippen LogP contribution >= 0.6 is 0 Å². The van der Waals surface area contributed by atoms with Crippen LogP contribution in [0.3, 0.4) is 0 Å². The van der Waals surface area contributed by atoms with Crippen LogP contribution in [-0.4, -0.2) is 15.6 Å². The van der Waals surface area contributed by atoms with E-state index in [0.717, 1.165) is 17.0 Å². The molecule has 1 atom stereocenters. The van der Waals surface area contributed by atoms with E-state index in [-0.39, 0.29) is 6.04 Å². The Morgan fingerprint density at radius 1 is 1.00 bits per heavy atom. The number of nitrogens with one attached hydrogen (secondary N) is 1. The smallest absolute Gasteiger partial charge is 0.337 e. The molecule has 0 radical (unpaired) electrons. The van der Waals surface area contributed by atoms with E-state index in [1.807, 2.05) is 44.2 Å². The first-order chi connectivity index (χ1) is 13.4. The van der Waals surface area contributed by atoms with Crippen LogP contribution in [0, 0.1) is 20.8 Å². The molecule has 0 fully saturated rings. The Labute approximate surface area is 166 Å². The Hall–Kier alpha value is -2.85. The summed E-state index contributed by atoms with van der Waals surface area (Å²) in [5, 5.41) is 13.3. The summed E-state index contributed by atoms with van der Waals surface area (Å²) in [7, 11) is 0. The standard InChI is InChI=1S/C24H28N2O2/c1-16-10-8-9-13-21(16)15-26-18(3)22(23(19(26)4)24(27)28)14-25-17(2)20-11-6-5-7-12-20/h5-13,17,25H,14-15H2,1-4H3,(H,27,28). The summed E-state index contributed by atoms with van der Waals surface area (Å²) >= 11 is 0. The summed E-state index contributed by atoms with van der Waals surface area (Å²) in [4.78, 5) is 12.0. The molecule has 2 N–H and O–H groups in total. The molecule has 146 valence electrons. The molecule has 0 bridgehead atoms. The van der Waals surface area contributed by atoms with Gasteiger partial charge in [-0.1, -0.05) is 54.6 Å². The third kappa shape index (κ3) is 4.02. The quantitative estimate of drug-likeness (QED) is 0.609. The van der Waals surface area contributed by atoms with Gasteiger partial charge < -0.3 is 15.0 Å². The molecule has 4 nitrogen and oxygen atoms in total. The average Bonchev–Trinajstić information content (AvgIpc) is 2.92. The van der Waals surface area contributed by atoms with Crippen molar-refractivity contribution in [1.82, 2.24) is 9.88 Å². The molecule has 4 heteroatoms. The largest absolute Gasteiger partial charge is 0.478 e. The van der Waals surface area contributed by atoms with Gasteiger partial charge in [-0.05, 0) is 44.4 Å². The number of carboxylic acid groups (broad SMARTS) is 1. The first-order valence-electron chi connectivity index (χ1n) is 9.64. The van der Waals surface area contributed by atoms with Gasteiger partial charge >= 0.3 is 5.97 Å². The number of benzene rings is 2. The molecular formula is C24H28N2O2. The number of hydrogen-bond acceptors (Lipinski definition) is 2. The number of carbonyl (C=O) groups is 1. The number of aryl methyl sites for hydroxylation is 1. The van der Waals surface area contributed by atoms with Crippen molar-refractivity contribution in [2.75, 3.05) is 0 Å². The number of rotatable bonds is 7. The monoisotopic (exact) mass is 376 g/mol. The fourth-order valence-corrected chi connectivity index (χ4v) is 3.76. The Morgan fingerprint density at radius 3 is 2.29 bits per heavy atom. The third-order valence-electron chi connectivity index (χ3n) is 5.60. The van der Waals surface area contributed by atoms with Gasteiger partial charge in [0, 0.05) is 36.1 Å². The number of carboxylic acids is 1. The molecular weight excluding hydrogens is 348 g/mol. The molecule has 0 amide bonds. The molecule has 0 spiro atoms. The fourth-order valence-electron chi connectivity index (χ4n) is 3.76. The van der Waals surface area contributed by atoms with Crippen molar-refractivity contribution in [2.45, 2.75) is 46.8 Å². The molecule has 3 aromatic rings. The minimum Gasteiger partial charge on any atom is -0.478 e. The Bertz CT molecular complexity index is 974. The average molecular weight is 377 g/mol.